The highest BCUT2D eigenvalue weighted by atomic mass is 16.6. The van der Waals surface area contributed by atoms with Crippen molar-refractivity contribution < 1.29 is 9.53 Å². The fraction of sp³-hybridized carbons (Fsp3) is 0.889. The summed E-state index contributed by atoms with van der Waals surface area (Å²) in [7, 11) is 0. The molecule has 0 atom stereocenters. The van der Waals surface area contributed by atoms with Crippen molar-refractivity contribution in [3.63, 3.8) is 0 Å². The molecule has 3 N–H and O–H groups in total. The summed E-state index contributed by atoms with van der Waals surface area (Å²) in [6, 6.07) is 0. The van der Waals surface area contributed by atoms with Gasteiger partial charge in [-0.2, -0.15) is 0 Å². The molecule has 0 aliphatic heterocycles. The molecule has 0 aromatic rings. The SMILES string of the molecule is CC(C)(C)OC(=O)NN.CC(C)C. The fourth-order valence-corrected chi connectivity index (χ4v) is 0.308. The first-order valence-corrected chi connectivity index (χ1v) is 4.38. The second kappa shape index (κ2) is 6.71. The van der Waals surface area contributed by atoms with Crippen LogP contribution in [0, 0.1) is 5.92 Å². The molecular formula is C9H22N2O2. The third-order valence-electron chi connectivity index (χ3n) is 0.517. The van der Waals surface area contributed by atoms with Gasteiger partial charge in [0.1, 0.15) is 5.60 Å². The highest BCUT2D eigenvalue weighted by Crippen LogP contribution is 2.05. The maximum Gasteiger partial charge on any atom is 0.421 e. The first-order chi connectivity index (χ1) is 5.69. The zero-order chi connectivity index (χ0) is 11.1. The Hall–Kier alpha value is -0.770. The number of hydrogen-bond acceptors (Lipinski definition) is 3. The van der Waals surface area contributed by atoms with E-state index < -0.39 is 11.7 Å². The van der Waals surface area contributed by atoms with Gasteiger partial charge in [-0.3, -0.25) is 5.43 Å². The van der Waals surface area contributed by atoms with E-state index in [-0.39, 0.29) is 0 Å². The molecule has 0 rings (SSSR count). The third kappa shape index (κ3) is 24.6. The minimum atomic E-state index is -0.609. The Morgan fingerprint density at radius 1 is 1.31 bits per heavy atom. The maximum absolute atomic E-state index is 10.4. The standard InChI is InChI=1S/C5H12N2O2.C4H10/c1-5(2,3)9-4(8)7-6;1-4(2)3/h6H2,1-3H3,(H,7,8);4H,1-3H3. The van der Waals surface area contributed by atoms with Crippen molar-refractivity contribution in [2.45, 2.75) is 47.1 Å². The van der Waals surface area contributed by atoms with E-state index in [1.54, 1.807) is 20.8 Å². The van der Waals surface area contributed by atoms with Crippen LogP contribution >= 0.6 is 0 Å². The Kier molecular flexibility index (Phi) is 7.61. The van der Waals surface area contributed by atoms with E-state index in [1.165, 1.54) is 0 Å². The minimum absolute atomic E-state index is 0.469. The quantitative estimate of drug-likeness (QED) is 0.349. The first kappa shape index (κ1) is 14.7. The largest absolute Gasteiger partial charge is 0.443 e. The second-order valence-electron chi connectivity index (χ2n) is 4.38. The van der Waals surface area contributed by atoms with E-state index in [0.29, 0.717) is 0 Å². The van der Waals surface area contributed by atoms with Gasteiger partial charge >= 0.3 is 6.09 Å². The van der Waals surface area contributed by atoms with Crippen molar-refractivity contribution in [3.05, 3.63) is 0 Å². The second-order valence-corrected chi connectivity index (χ2v) is 4.38. The summed E-state index contributed by atoms with van der Waals surface area (Å²) in [4.78, 5) is 10.4. The van der Waals surface area contributed by atoms with Crippen LogP contribution in [0.15, 0.2) is 0 Å². The summed E-state index contributed by atoms with van der Waals surface area (Å²) < 4.78 is 4.71. The molecule has 0 aliphatic carbocycles. The third-order valence-corrected chi connectivity index (χ3v) is 0.517. The number of nitrogens with one attached hydrogen (secondary N) is 1. The van der Waals surface area contributed by atoms with Crippen molar-refractivity contribution in [1.29, 1.82) is 0 Å². The maximum atomic E-state index is 10.4. The summed E-state index contributed by atoms with van der Waals surface area (Å²) in [5.41, 5.74) is 1.39. The molecule has 13 heavy (non-hydrogen) atoms. The fourth-order valence-electron chi connectivity index (χ4n) is 0.308. The molecule has 0 aliphatic rings. The van der Waals surface area contributed by atoms with Crippen molar-refractivity contribution in [2.24, 2.45) is 11.8 Å². The predicted octanol–water partition coefficient (Wildman–Crippen LogP) is 2.05. The average molecular weight is 190 g/mol. The topological polar surface area (TPSA) is 64.3 Å². The van der Waals surface area contributed by atoms with Crippen LogP contribution in [0.2, 0.25) is 0 Å². The van der Waals surface area contributed by atoms with E-state index in [1.807, 2.05) is 5.43 Å². The lowest BCUT2D eigenvalue weighted by molar-refractivity contribution is 0.0527. The molecule has 0 fully saturated rings. The lowest BCUT2D eigenvalue weighted by Gasteiger charge is -2.18. The molecule has 0 radical (unpaired) electrons. The van der Waals surface area contributed by atoms with Gasteiger partial charge < -0.3 is 4.74 Å². The van der Waals surface area contributed by atoms with E-state index in [9.17, 15) is 4.79 Å². The predicted molar refractivity (Wildman–Crippen MR) is 54.1 cm³/mol. The molecular weight excluding hydrogens is 168 g/mol. The summed E-state index contributed by atoms with van der Waals surface area (Å²) in [6.45, 7) is 11.8. The Labute approximate surface area is 80.8 Å². The Morgan fingerprint density at radius 2 is 1.62 bits per heavy atom. The van der Waals surface area contributed by atoms with Gasteiger partial charge in [0.05, 0.1) is 0 Å². The van der Waals surface area contributed by atoms with Crippen LogP contribution in [-0.4, -0.2) is 11.7 Å². The summed E-state index contributed by atoms with van der Waals surface area (Å²) in [5, 5.41) is 0. The van der Waals surface area contributed by atoms with Crippen LogP contribution in [0.3, 0.4) is 0 Å². The lowest BCUT2D eigenvalue weighted by atomic mass is 10.2. The highest BCUT2D eigenvalue weighted by Gasteiger charge is 2.14. The van der Waals surface area contributed by atoms with Gasteiger partial charge in [0.15, 0.2) is 0 Å². The lowest BCUT2D eigenvalue weighted by Crippen LogP contribution is -2.36. The van der Waals surface area contributed by atoms with E-state index in [0.717, 1.165) is 5.92 Å². The van der Waals surface area contributed by atoms with Crippen molar-refractivity contribution >= 4 is 6.09 Å². The van der Waals surface area contributed by atoms with Gasteiger partial charge in [0.25, 0.3) is 0 Å². The van der Waals surface area contributed by atoms with Crippen LogP contribution in [-0.2, 0) is 4.74 Å². The minimum Gasteiger partial charge on any atom is -0.443 e. The Bertz CT molecular complexity index is 136. The van der Waals surface area contributed by atoms with Crippen molar-refractivity contribution in [3.8, 4) is 0 Å². The Morgan fingerprint density at radius 3 is 1.69 bits per heavy atom. The van der Waals surface area contributed by atoms with Crippen LogP contribution in [0.4, 0.5) is 4.79 Å². The van der Waals surface area contributed by atoms with Gasteiger partial charge in [-0.1, -0.05) is 20.8 Å². The molecule has 0 aromatic heterocycles. The molecule has 0 heterocycles. The summed E-state index contributed by atoms with van der Waals surface area (Å²) in [5.74, 6) is 5.59. The molecule has 1 amide bonds. The molecule has 0 bridgehead atoms. The molecule has 0 spiro atoms. The average Bonchev–Trinajstić information content (AvgIpc) is 1.82. The zero-order valence-electron chi connectivity index (χ0n) is 9.47. The number of hydrazine groups is 1. The normalized spacial score (nSPS) is 10.2. The summed E-state index contributed by atoms with van der Waals surface area (Å²) in [6.07, 6.45) is -0.609. The first-order valence-electron chi connectivity index (χ1n) is 4.38. The monoisotopic (exact) mass is 190 g/mol. The number of hydrogen-bond donors (Lipinski definition) is 2. The molecule has 0 unspecified atom stereocenters. The van der Waals surface area contributed by atoms with E-state index in [2.05, 4.69) is 20.8 Å². The van der Waals surface area contributed by atoms with E-state index >= 15 is 0 Å². The number of amides is 1. The zero-order valence-corrected chi connectivity index (χ0v) is 9.47. The van der Waals surface area contributed by atoms with Gasteiger partial charge in [0, 0.05) is 0 Å². The number of nitrogens with two attached hydrogens (primary N) is 1. The smallest absolute Gasteiger partial charge is 0.421 e. The van der Waals surface area contributed by atoms with Gasteiger partial charge in [-0.05, 0) is 26.7 Å². The number of ether oxygens (including phenoxy) is 1. The highest BCUT2D eigenvalue weighted by molar-refractivity contribution is 5.66. The van der Waals surface area contributed by atoms with Gasteiger partial charge in [-0.25, -0.2) is 10.6 Å². The molecule has 4 nitrogen and oxygen atoms in total. The van der Waals surface area contributed by atoms with E-state index in [4.69, 9.17) is 10.6 Å². The van der Waals surface area contributed by atoms with Crippen molar-refractivity contribution in [1.82, 2.24) is 5.43 Å². The van der Waals surface area contributed by atoms with Gasteiger partial charge in [0.2, 0.25) is 0 Å². The molecule has 0 saturated carbocycles. The van der Waals surface area contributed by atoms with Crippen LogP contribution in [0.25, 0.3) is 0 Å². The number of carbonyl (C=O) groups excluding carboxylic acids is 1. The molecule has 0 saturated heterocycles. The van der Waals surface area contributed by atoms with Crippen LogP contribution in [0.5, 0.6) is 0 Å². The summed E-state index contributed by atoms with van der Waals surface area (Å²) >= 11 is 0. The van der Waals surface area contributed by atoms with Crippen LogP contribution in [0.1, 0.15) is 41.5 Å². The van der Waals surface area contributed by atoms with Crippen LogP contribution < -0.4 is 11.3 Å². The molecule has 4 heteroatoms. The molecule has 0 aromatic carbocycles. The Balaban J connectivity index is 0. The number of rotatable bonds is 0. The van der Waals surface area contributed by atoms with Gasteiger partial charge in [-0.15, -0.1) is 0 Å². The number of carbonyl (C=O) groups is 1. The molecule has 80 valence electrons. The van der Waals surface area contributed by atoms with Crippen molar-refractivity contribution in [2.75, 3.05) is 0 Å².